The van der Waals surface area contributed by atoms with Gasteiger partial charge in [-0.25, -0.2) is 4.79 Å². The molecule has 2 aromatic heterocycles. The average Bonchev–Trinajstić information content (AvgIpc) is 3.39. The number of rotatable bonds is 7. The molecule has 0 saturated carbocycles. The number of benzene rings is 6. The molecule has 240 valence electrons. The lowest BCUT2D eigenvalue weighted by Crippen LogP contribution is -2.14. The van der Waals surface area contributed by atoms with E-state index in [1.807, 2.05) is 79.8 Å². The van der Waals surface area contributed by atoms with Gasteiger partial charge in [-0.3, -0.25) is 0 Å². The van der Waals surface area contributed by atoms with Crippen LogP contribution in [0.15, 0.2) is 160 Å². The van der Waals surface area contributed by atoms with Crippen LogP contribution in [0.4, 0.5) is 0 Å². The monoisotopic (exact) mass is 681 g/mol. The van der Waals surface area contributed by atoms with E-state index < -0.39 is 21.7 Å². The van der Waals surface area contributed by atoms with Crippen molar-refractivity contribution in [2.75, 3.05) is 0 Å². The third-order valence-electron chi connectivity index (χ3n) is 9.01. The molecular formula is C41H28ClNO5S. The Morgan fingerprint density at radius 3 is 1.94 bits per heavy atom. The Hall–Kier alpha value is -5.63. The molecule has 0 amide bonds. The molecule has 2 heterocycles. The Bertz CT molecular complexity index is 2660. The zero-order valence-electron chi connectivity index (χ0n) is 26.2. The molecule has 0 saturated heterocycles. The van der Waals surface area contributed by atoms with Crippen molar-refractivity contribution in [3.8, 4) is 17.1 Å². The summed E-state index contributed by atoms with van der Waals surface area (Å²) in [5, 5.41) is 3.22. The summed E-state index contributed by atoms with van der Waals surface area (Å²) >= 11 is 6.67. The topological polar surface area (TPSA) is 78.5 Å². The third kappa shape index (κ3) is 5.28. The first-order chi connectivity index (χ1) is 23.8. The zero-order chi connectivity index (χ0) is 33.7. The average molecular weight is 682 g/mol. The molecular weight excluding hydrogens is 654 g/mol. The van der Waals surface area contributed by atoms with Gasteiger partial charge in [-0.15, -0.1) is 0 Å². The van der Waals surface area contributed by atoms with Gasteiger partial charge in [0.15, 0.2) is 0 Å². The van der Waals surface area contributed by atoms with Gasteiger partial charge in [0.25, 0.3) is 0 Å². The first kappa shape index (κ1) is 30.7. The van der Waals surface area contributed by atoms with Crippen LogP contribution < -0.4 is 9.81 Å². The Balaban J connectivity index is 1.49. The van der Waals surface area contributed by atoms with E-state index in [1.165, 1.54) is 6.07 Å². The van der Waals surface area contributed by atoms with Crippen molar-refractivity contribution >= 4 is 54.2 Å². The van der Waals surface area contributed by atoms with Crippen LogP contribution in [-0.2, 0) is 17.2 Å². The molecule has 8 heteroatoms. The van der Waals surface area contributed by atoms with Crippen LogP contribution in [0, 0.1) is 0 Å². The molecule has 8 rings (SSSR count). The summed E-state index contributed by atoms with van der Waals surface area (Å²) in [6.45, 7) is 0. The molecule has 0 unspecified atom stereocenters. The lowest BCUT2D eigenvalue weighted by atomic mass is 9.84. The largest absolute Gasteiger partial charge is 0.388 e. The molecule has 0 aliphatic heterocycles. The number of hydrogen-bond acceptors (Lipinski definition) is 5. The normalized spacial score (nSPS) is 11.9. The van der Waals surface area contributed by atoms with Crippen LogP contribution in [0.1, 0.15) is 22.7 Å². The van der Waals surface area contributed by atoms with E-state index in [1.54, 1.807) is 42.5 Å². The maximum absolute atomic E-state index is 14.2. The van der Waals surface area contributed by atoms with E-state index >= 15 is 0 Å². The van der Waals surface area contributed by atoms with E-state index in [9.17, 15) is 13.2 Å². The van der Waals surface area contributed by atoms with Gasteiger partial charge in [0, 0.05) is 50.9 Å². The molecule has 8 aromatic rings. The fourth-order valence-electron chi connectivity index (χ4n) is 6.87. The first-order valence-corrected chi connectivity index (χ1v) is 17.5. The minimum absolute atomic E-state index is 0.0417. The highest BCUT2D eigenvalue weighted by Crippen LogP contribution is 2.48. The molecule has 6 nitrogen and oxygen atoms in total. The smallest absolute Gasteiger partial charge is 0.346 e. The molecule has 6 aromatic carbocycles. The quantitative estimate of drug-likeness (QED) is 0.157. The van der Waals surface area contributed by atoms with Gasteiger partial charge in [0.2, 0.25) is 0 Å². The Morgan fingerprint density at radius 2 is 1.24 bits per heavy atom. The molecule has 0 aliphatic carbocycles. The summed E-state index contributed by atoms with van der Waals surface area (Å²) < 4.78 is 42.4. The van der Waals surface area contributed by atoms with Gasteiger partial charge in [-0.05, 0) is 46.8 Å². The first-order valence-electron chi connectivity index (χ1n) is 15.7. The molecule has 0 N–H and O–H groups in total. The van der Waals surface area contributed by atoms with Crippen LogP contribution in [-0.4, -0.2) is 13.0 Å². The molecule has 0 aliphatic rings. The van der Waals surface area contributed by atoms with Crippen LogP contribution >= 0.6 is 11.6 Å². The van der Waals surface area contributed by atoms with Crippen molar-refractivity contribution in [1.82, 2.24) is 4.57 Å². The van der Waals surface area contributed by atoms with E-state index in [0.717, 1.165) is 33.1 Å². The summed E-state index contributed by atoms with van der Waals surface area (Å²) in [7, 11) is -2.54. The standard InChI is InChI=1S/C41H28ClNO5S/c1-43-34-24-23-29(42)25-33(34)37(39(43)36(27-14-4-2-5-15-27)28-16-6-3-7-17-28)38-31-20-10-11-21-32(31)40(44)47-41(38)48-49(45,46)35-22-12-18-26-13-8-9-19-30(26)35/h2-25,36H,1H3. The van der Waals surface area contributed by atoms with Crippen molar-refractivity contribution in [2.24, 2.45) is 7.05 Å². The molecule has 49 heavy (non-hydrogen) atoms. The minimum atomic E-state index is -4.51. The Morgan fingerprint density at radius 1 is 0.653 bits per heavy atom. The minimum Gasteiger partial charge on any atom is -0.388 e. The number of aromatic nitrogens is 1. The van der Waals surface area contributed by atoms with Gasteiger partial charge in [0.05, 0.1) is 10.9 Å². The van der Waals surface area contributed by atoms with Crippen molar-refractivity contribution in [2.45, 2.75) is 10.8 Å². The van der Waals surface area contributed by atoms with Gasteiger partial charge in [-0.2, -0.15) is 8.42 Å². The van der Waals surface area contributed by atoms with Gasteiger partial charge in [0.1, 0.15) is 4.90 Å². The van der Waals surface area contributed by atoms with Crippen molar-refractivity contribution in [3.63, 3.8) is 0 Å². The lowest BCUT2D eigenvalue weighted by molar-refractivity contribution is 0.364. The van der Waals surface area contributed by atoms with Gasteiger partial charge < -0.3 is 13.2 Å². The second kappa shape index (κ2) is 12.1. The summed E-state index contributed by atoms with van der Waals surface area (Å²) in [4.78, 5) is 13.5. The van der Waals surface area contributed by atoms with Crippen molar-refractivity contribution in [3.05, 3.63) is 178 Å². The van der Waals surface area contributed by atoms with Crippen molar-refractivity contribution < 1.29 is 17.0 Å². The number of halogens is 1. The summed E-state index contributed by atoms with van der Waals surface area (Å²) in [6, 6.07) is 44.9. The number of hydrogen-bond donors (Lipinski definition) is 0. The number of nitrogens with zero attached hydrogens (tertiary/aromatic N) is 1. The fourth-order valence-corrected chi connectivity index (χ4v) is 8.15. The maximum atomic E-state index is 14.2. The highest BCUT2D eigenvalue weighted by Gasteiger charge is 2.33. The molecule has 0 bridgehead atoms. The maximum Gasteiger partial charge on any atom is 0.346 e. The van der Waals surface area contributed by atoms with Gasteiger partial charge in [-0.1, -0.05) is 127 Å². The molecule has 0 radical (unpaired) electrons. The zero-order valence-corrected chi connectivity index (χ0v) is 27.8. The van der Waals surface area contributed by atoms with E-state index in [-0.39, 0.29) is 16.2 Å². The fraction of sp³-hybridized carbons (Fsp3) is 0.0488. The third-order valence-corrected chi connectivity index (χ3v) is 10.5. The number of fused-ring (bicyclic) bond motifs is 3. The number of aryl methyl sites for hydroxylation is 1. The molecule has 0 spiro atoms. The highest BCUT2D eigenvalue weighted by molar-refractivity contribution is 7.87. The summed E-state index contributed by atoms with van der Waals surface area (Å²) in [5.41, 5.74) is 3.97. The van der Waals surface area contributed by atoms with E-state index in [0.29, 0.717) is 26.9 Å². The van der Waals surface area contributed by atoms with E-state index in [4.69, 9.17) is 20.2 Å². The second-order valence-corrected chi connectivity index (χ2v) is 13.8. The highest BCUT2D eigenvalue weighted by atomic mass is 35.5. The SMILES string of the molecule is Cn1c(C(c2ccccc2)c2ccccc2)c(-c2c(OS(=O)(=O)c3cccc4ccccc34)oc(=O)c3ccccc23)c2cc(Cl)ccc21. The van der Waals surface area contributed by atoms with Gasteiger partial charge >= 0.3 is 21.7 Å². The van der Waals surface area contributed by atoms with Crippen LogP contribution in [0.2, 0.25) is 5.02 Å². The summed E-state index contributed by atoms with van der Waals surface area (Å²) in [6.07, 6.45) is 0. The lowest BCUT2D eigenvalue weighted by Gasteiger charge is -2.23. The van der Waals surface area contributed by atoms with Crippen LogP contribution in [0.5, 0.6) is 5.95 Å². The van der Waals surface area contributed by atoms with Crippen molar-refractivity contribution in [1.29, 1.82) is 0 Å². The van der Waals surface area contributed by atoms with E-state index in [2.05, 4.69) is 28.8 Å². The predicted molar refractivity (Wildman–Crippen MR) is 195 cm³/mol. The Labute approximate surface area is 287 Å². The molecule has 0 atom stereocenters. The predicted octanol–water partition coefficient (Wildman–Crippen LogP) is 9.71. The van der Waals surface area contributed by atoms with Crippen LogP contribution in [0.3, 0.4) is 0 Å². The Kier molecular flexibility index (Phi) is 7.59. The van der Waals surface area contributed by atoms with Crippen LogP contribution in [0.25, 0.3) is 43.6 Å². The summed E-state index contributed by atoms with van der Waals surface area (Å²) in [5.74, 6) is -0.743. The molecule has 0 fully saturated rings. The second-order valence-electron chi connectivity index (χ2n) is 11.8.